The minimum absolute atomic E-state index is 0.00781. The first-order valence-corrected chi connectivity index (χ1v) is 10.3. The number of nitrogens with zero attached hydrogens (tertiary/aromatic N) is 2. The van der Waals surface area contributed by atoms with Crippen molar-refractivity contribution in [1.29, 1.82) is 0 Å². The van der Waals surface area contributed by atoms with Crippen molar-refractivity contribution >= 4 is 21.1 Å². The molecule has 0 atom stereocenters. The third kappa shape index (κ3) is 3.74. The first-order chi connectivity index (χ1) is 13.8. The van der Waals surface area contributed by atoms with Crippen molar-refractivity contribution in [3.8, 4) is 0 Å². The Hall–Kier alpha value is -3.17. The molecule has 29 heavy (non-hydrogen) atoms. The van der Waals surface area contributed by atoms with E-state index in [1.165, 1.54) is 28.8 Å². The van der Waals surface area contributed by atoms with Crippen LogP contribution < -0.4 is 10.5 Å². The second-order valence-corrected chi connectivity index (χ2v) is 8.37. The molecule has 4 rings (SSSR count). The van der Waals surface area contributed by atoms with Gasteiger partial charge in [-0.1, -0.05) is 18.2 Å². The number of rotatable bonds is 6. The first kappa shape index (κ1) is 19.2. The number of aromatic nitrogens is 2. The van der Waals surface area contributed by atoms with Gasteiger partial charge in [-0.15, -0.1) is 0 Å². The van der Waals surface area contributed by atoms with Crippen molar-refractivity contribution in [3.05, 3.63) is 88.4 Å². The van der Waals surface area contributed by atoms with Gasteiger partial charge in [-0.3, -0.25) is 4.57 Å². The van der Waals surface area contributed by atoms with Gasteiger partial charge in [0.15, 0.2) is 5.58 Å². The summed E-state index contributed by atoms with van der Waals surface area (Å²) in [5.74, 6) is -0.876. The predicted octanol–water partition coefficient (Wildman–Crippen LogP) is 2.60. The second kappa shape index (κ2) is 7.34. The number of benzene rings is 2. The van der Waals surface area contributed by atoms with E-state index in [1.54, 1.807) is 48.1 Å². The number of nitrogens with one attached hydrogen (secondary N) is 1. The van der Waals surface area contributed by atoms with Gasteiger partial charge in [-0.05, 0) is 30.3 Å². The van der Waals surface area contributed by atoms with Crippen molar-refractivity contribution in [3.63, 3.8) is 0 Å². The van der Waals surface area contributed by atoms with E-state index in [1.807, 2.05) is 0 Å². The highest BCUT2D eigenvalue weighted by atomic mass is 32.2. The average Bonchev–Trinajstić information content (AvgIpc) is 3.26. The molecule has 9 heteroatoms. The van der Waals surface area contributed by atoms with E-state index < -0.39 is 15.8 Å². The SMILES string of the molecule is Cn1c(=O)oc2cc(S(=O)(=O)NCc3cccn3Cc3ccccc3F)ccc21. The maximum Gasteiger partial charge on any atom is 0.419 e. The zero-order valence-corrected chi connectivity index (χ0v) is 16.3. The van der Waals surface area contributed by atoms with Crippen LogP contribution in [-0.4, -0.2) is 17.6 Å². The van der Waals surface area contributed by atoms with Crippen LogP contribution in [0.15, 0.2) is 74.9 Å². The molecule has 150 valence electrons. The topological polar surface area (TPSA) is 86.2 Å². The summed E-state index contributed by atoms with van der Waals surface area (Å²) in [6.07, 6.45) is 1.76. The largest absolute Gasteiger partial charge is 0.419 e. The lowest BCUT2D eigenvalue weighted by Gasteiger charge is -2.11. The fraction of sp³-hybridized carbons (Fsp3) is 0.150. The fourth-order valence-electron chi connectivity index (χ4n) is 3.11. The fourth-order valence-corrected chi connectivity index (χ4v) is 4.12. The molecule has 2 aromatic carbocycles. The summed E-state index contributed by atoms with van der Waals surface area (Å²) >= 11 is 0. The Bertz CT molecular complexity index is 1350. The van der Waals surface area contributed by atoms with Crippen LogP contribution in [0.5, 0.6) is 0 Å². The molecule has 0 spiro atoms. The van der Waals surface area contributed by atoms with Crippen LogP contribution in [0, 0.1) is 5.82 Å². The number of fused-ring (bicyclic) bond motifs is 1. The van der Waals surface area contributed by atoms with Crippen molar-refractivity contribution in [2.24, 2.45) is 7.05 Å². The lowest BCUT2D eigenvalue weighted by Crippen LogP contribution is -2.24. The molecule has 0 bridgehead atoms. The van der Waals surface area contributed by atoms with Gasteiger partial charge in [0.05, 0.1) is 23.5 Å². The molecule has 0 saturated carbocycles. The van der Waals surface area contributed by atoms with Gasteiger partial charge in [0.1, 0.15) is 5.82 Å². The van der Waals surface area contributed by atoms with Crippen LogP contribution in [0.4, 0.5) is 4.39 Å². The molecule has 0 fully saturated rings. The molecule has 1 N–H and O–H groups in total. The smallest absolute Gasteiger partial charge is 0.408 e. The van der Waals surface area contributed by atoms with Gasteiger partial charge in [0.25, 0.3) is 0 Å². The summed E-state index contributed by atoms with van der Waals surface area (Å²) in [7, 11) is -2.29. The van der Waals surface area contributed by atoms with E-state index in [0.717, 1.165) is 0 Å². The van der Waals surface area contributed by atoms with E-state index in [-0.39, 0.29) is 29.4 Å². The van der Waals surface area contributed by atoms with Gasteiger partial charge in [0.2, 0.25) is 10.0 Å². The Morgan fingerprint density at radius 2 is 1.90 bits per heavy atom. The first-order valence-electron chi connectivity index (χ1n) is 8.82. The Morgan fingerprint density at radius 3 is 2.69 bits per heavy atom. The van der Waals surface area contributed by atoms with Crippen molar-refractivity contribution in [2.75, 3.05) is 0 Å². The molecular formula is C20H18FN3O4S. The summed E-state index contributed by atoms with van der Waals surface area (Å²) in [5, 5.41) is 0. The van der Waals surface area contributed by atoms with Gasteiger partial charge in [-0.2, -0.15) is 0 Å². The molecular weight excluding hydrogens is 397 g/mol. The average molecular weight is 415 g/mol. The number of hydrogen-bond acceptors (Lipinski definition) is 4. The third-order valence-electron chi connectivity index (χ3n) is 4.74. The summed E-state index contributed by atoms with van der Waals surface area (Å²) in [4.78, 5) is 11.6. The van der Waals surface area contributed by atoms with Crippen LogP contribution in [-0.2, 0) is 30.2 Å². The van der Waals surface area contributed by atoms with E-state index >= 15 is 0 Å². The maximum atomic E-state index is 13.9. The highest BCUT2D eigenvalue weighted by Gasteiger charge is 2.17. The zero-order valence-electron chi connectivity index (χ0n) is 15.5. The van der Waals surface area contributed by atoms with Crippen LogP contribution in [0.25, 0.3) is 11.1 Å². The Morgan fingerprint density at radius 1 is 1.10 bits per heavy atom. The minimum atomic E-state index is -3.84. The number of aryl methyl sites for hydroxylation is 1. The maximum absolute atomic E-state index is 13.9. The molecule has 2 heterocycles. The molecule has 2 aromatic heterocycles. The highest BCUT2D eigenvalue weighted by Crippen LogP contribution is 2.18. The van der Waals surface area contributed by atoms with Crippen molar-refractivity contribution < 1.29 is 17.2 Å². The van der Waals surface area contributed by atoms with E-state index in [2.05, 4.69) is 4.72 Å². The number of sulfonamides is 1. The number of halogens is 1. The third-order valence-corrected chi connectivity index (χ3v) is 6.14. The van der Waals surface area contributed by atoms with Gasteiger partial charge >= 0.3 is 5.76 Å². The number of oxazole rings is 1. The molecule has 0 amide bonds. The monoisotopic (exact) mass is 415 g/mol. The number of hydrogen-bond donors (Lipinski definition) is 1. The van der Waals surface area contributed by atoms with E-state index in [9.17, 15) is 17.6 Å². The van der Waals surface area contributed by atoms with Crippen LogP contribution in [0.2, 0.25) is 0 Å². The second-order valence-electron chi connectivity index (χ2n) is 6.60. The Labute approximate surface area is 166 Å². The highest BCUT2D eigenvalue weighted by molar-refractivity contribution is 7.89. The Balaban J connectivity index is 1.54. The standard InChI is InChI=1S/C20H18FN3O4S/c1-23-18-9-8-16(11-19(18)28-20(23)25)29(26,27)22-12-15-6-4-10-24(15)13-14-5-2-3-7-17(14)21/h2-11,22H,12-13H2,1H3. The summed E-state index contributed by atoms with van der Waals surface area (Å²) < 4.78 is 49.9. The van der Waals surface area contributed by atoms with Crippen molar-refractivity contribution in [1.82, 2.24) is 13.9 Å². The van der Waals surface area contributed by atoms with Crippen LogP contribution in [0.1, 0.15) is 11.3 Å². The normalized spacial score (nSPS) is 11.9. The lowest BCUT2D eigenvalue weighted by molar-refractivity contribution is 0.527. The lowest BCUT2D eigenvalue weighted by atomic mass is 10.2. The van der Waals surface area contributed by atoms with Crippen molar-refractivity contribution in [2.45, 2.75) is 18.0 Å². The molecule has 4 aromatic rings. The predicted molar refractivity (Wildman–Crippen MR) is 105 cm³/mol. The van der Waals surface area contributed by atoms with Gasteiger partial charge in [-0.25, -0.2) is 22.3 Å². The van der Waals surface area contributed by atoms with Crippen LogP contribution >= 0.6 is 0 Å². The quantitative estimate of drug-likeness (QED) is 0.525. The molecule has 0 unspecified atom stereocenters. The molecule has 0 radical (unpaired) electrons. The minimum Gasteiger partial charge on any atom is -0.408 e. The van der Waals surface area contributed by atoms with Gasteiger partial charge in [0, 0.05) is 30.6 Å². The Kier molecular flexibility index (Phi) is 4.85. The summed E-state index contributed by atoms with van der Waals surface area (Å²) in [6.45, 7) is 0.318. The molecule has 0 aliphatic heterocycles. The van der Waals surface area contributed by atoms with Crippen LogP contribution in [0.3, 0.4) is 0 Å². The molecule has 0 saturated heterocycles. The summed E-state index contributed by atoms with van der Waals surface area (Å²) in [5.41, 5.74) is 1.90. The molecule has 7 nitrogen and oxygen atoms in total. The zero-order chi connectivity index (χ0) is 20.6. The van der Waals surface area contributed by atoms with Gasteiger partial charge < -0.3 is 8.98 Å². The molecule has 0 aliphatic rings. The van der Waals surface area contributed by atoms with E-state index in [4.69, 9.17) is 4.42 Å². The molecule has 0 aliphatic carbocycles. The summed E-state index contributed by atoms with van der Waals surface area (Å²) in [6, 6.07) is 14.2. The van der Waals surface area contributed by atoms with E-state index in [0.29, 0.717) is 16.8 Å².